The van der Waals surface area contributed by atoms with Gasteiger partial charge in [0.15, 0.2) is 5.69 Å². The van der Waals surface area contributed by atoms with Gasteiger partial charge < -0.3 is 19.5 Å². The van der Waals surface area contributed by atoms with E-state index >= 15 is 0 Å². The van der Waals surface area contributed by atoms with Crippen molar-refractivity contribution < 1.29 is 14.3 Å². The molecule has 0 unspecified atom stereocenters. The van der Waals surface area contributed by atoms with E-state index in [1.54, 1.807) is 6.33 Å². The first kappa shape index (κ1) is 21.2. The Labute approximate surface area is 189 Å². The molecule has 170 valence electrons. The number of hydrogen-bond donors (Lipinski definition) is 1. The summed E-state index contributed by atoms with van der Waals surface area (Å²) in [4.78, 5) is 32.0. The van der Waals surface area contributed by atoms with Crippen LogP contribution in [0.3, 0.4) is 0 Å². The Kier molecular flexibility index (Phi) is 6.00. The van der Waals surface area contributed by atoms with E-state index in [2.05, 4.69) is 41.5 Å². The molecule has 7 heteroatoms. The summed E-state index contributed by atoms with van der Waals surface area (Å²) in [7, 11) is 0. The number of aromatic nitrogens is 2. The quantitative estimate of drug-likeness (QED) is 0.797. The van der Waals surface area contributed by atoms with Crippen LogP contribution in [0.1, 0.15) is 71.9 Å². The molecule has 3 aliphatic rings. The average molecular weight is 437 g/mol. The van der Waals surface area contributed by atoms with Gasteiger partial charge in [0.25, 0.3) is 5.91 Å². The Hall–Kier alpha value is -2.67. The van der Waals surface area contributed by atoms with Gasteiger partial charge in [-0.25, -0.2) is 4.98 Å². The fourth-order valence-corrected chi connectivity index (χ4v) is 5.17. The lowest BCUT2D eigenvalue weighted by Crippen LogP contribution is -2.45. The summed E-state index contributed by atoms with van der Waals surface area (Å²) in [6, 6.07) is 8.73. The Morgan fingerprint density at radius 3 is 2.50 bits per heavy atom. The maximum atomic E-state index is 13.2. The molecule has 2 aliphatic heterocycles. The van der Waals surface area contributed by atoms with Crippen molar-refractivity contribution in [2.24, 2.45) is 5.92 Å². The number of amides is 2. The predicted octanol–water partition coefficient (Wildman–Crippen LogP) is 3.37. The minimum absolute atomic E-state index is 0.00848. The highest BCUT2D eigenvalue weighted by Gasteiger charge is 2.33. The Bertz CT molecular complexity index is 970. The molecule has 1 saturated carbocycles. The van der Waals surface area contributed by atoms with E-state index in [1.165, 1.54) is 18.4 Å². The number of carbonyl (C=O) groups is 2. The van der Waals surface area contributed by atoms with E-state index < -0.39 is 0 Å². The van der Waals surface area contributed by atoms with Crippen LogP contribution in [0.4, 0.5) is 0 Å². The molecule has 0 radical (unpaired) electrons. The molecule has 2 amide bonds. The molecule has 1 aromatic carbocycles. The van der Waals surface area contributed by atoms with Crippen molar-refractivity contribution in [1.82, 2.24) is 19.8 Å². The lowest BCUT2D eigenvalue weighted by Gasteiger charge is -2.32. The highest BCUT2D eigenvalue weighted by Crippen LogP contribution is 2.29. The lowest BCUT2D eigenvalue weighted by molar-refractivity contribution is -0.127. The fraction of sp³-hybridized carbons (Fsp3) is 0.560. The Morgan fingerprint density at radius 2 is 1.78 bits per heavy atom. The summed E-state index contributed by atoms with van der Waals surface area (Å²) >= 11 is 0. The number of ether oxygens (including phenoxy) is 1. The summed E-state index contributed by atoms with van der Waals surface area (Å²) in [5.74, 6) is 0.124. The first-order valence-corrected chi connectivity index (χ1v) is 11.9. The van der Waals surface area contributed by atoms with E-state index in [1.807, 2.05) is 9.47 Å². The van der Waals surface area contributed by atoms with E-state index in [9.17, 15) is 9.59 Å². The smallest absolute Gasteiger partial charge is 0.274 e. The number of fused-ring (bicyclic) bond motifs is 1. The molecule has 3 heterocycles. The second-order valence-corrected chi connectivity index (χ2v) is 9.46. The third kappa shape index (κ3) is 4.31. The third-order valence-corrected chi connectivity index (χ3v) is 7.24. The van der Waals surface area contributed by atoms with Gasteiger partial charge in [0.05, 0.1) is 25.2 Å². The van der Waals surface area contributed by atoms with Crippen LogP contribution in [-0.4, -0.2) is 45.4 Å². The molecule has 1 atom stereocenters. The van der Waals surface area contributed by atoms with Crippen molar-refractivity contribution in [3.63, 3.8) is 0 Å². The molecule has 1 N–H and O–H groups in total. The first-order chi connectivity index (χ1) is 15.6. The second kappa shape index (κ2) is 9.06. The van der Waals surface area contributed by atoms with Gasteiger partial charge in [-0.15, -0.1) is 0 Å². The van der Waals surface area contributed by atoms with Crippen molar-refractivity contribution >= 4 is 11.8 Å². The zero-order valence-electron chi connectivity index (χ0n) is 18.8. The molecule has 1 aliphatic carbocycles. The fourth-order valence-electron chi connectivity index (χ4n) is 5.17. The number of nitrogens with one attached hydrogen (secondary N) is 1. The largest absolute Gasteiger partial charge is 0.365 e. The van der Waals surface area contributed by atoms with Crippen LogP contribution in [0.25, 0.3) is 0 Å². The number of nitrogens with zero attached hydrogens (tertiary/aromatic N) is 3. The van der Waals surface area contributed by atoms with Crippen LogP contribution >= 0.6 is 0 Å². The summed E-state index contributed by atoms with van der Waals surface area (Å²) in [6.45, 7) is 4.30. The molecule has 2 aromatic rings. The van der Waals surface area contributed by atoms with Crippen LogP contribution < -0.4 is 5.32 Å². The molecule has 1 aromatic heterocycles. The monoisotopic (exact) mass is 436 g/mol. The molecule has 0 bridgehead atoms. The summed E-state index contributed by atoms with van der Waals surface area (Å²) in [5.41, 5.74) is 3.70. The number of likely N-dealkylation sites (tertiary alicyclic amines) is 1. The topological polar surface area (TPSA) is 76.5 Å². The van der Waals surface area contributed by atoms with Crippen molar-refractivity contribution in [2.45, 2.75) is 70.7 Å². The standard InChI is InChI=1S/C25H32N4O3/c1-17-6-8-18(9-7-17)22-14-29-16-26-23(21(29)15-32-22)25(31)28-12-10-19(11-13-28)24(30)27-20-4-2-3-5-20/h6-9,16,19-20,22H,2-5,10-15H2,1H3,(H,27,30)/t22-/m1/s1. The number of imidazole rings is 1. The number of rotatable bonds is 4. The summed E-state index contributed by atoms with van der Waals surface area (Å²) in [6.07, 6.45) is 7.77. The Balaban J connectivity index is 1.18. The maximum Gasteiger partial charge on any atom is 0.274 e. The maximum absolute atomic E-state index is 13.2. The zero-order valence-corrected chi connectivity index (χ0v) is 18.8. The SMILES string of the molecule is Cc1ccc([C@H]2Cn3cnc(C(=O)N4CCC(C(=O)NC5CCCC5)CC4)c3CO2)cc1. The van der Waals surface area contributed by atoms with Crippen LogP contribution in [0.5, 0.6) is 0 Å². The van der Waals surface area contributed by atoms with Crippen LogP contribution in [-0.2, 0) is 22.7 Å². The highest BCUT2D eigenvalue weighted by molar-refractivity contribution is 5.93. The summed E-state index contributed by atoms with van der Waals surface area (Å²) < 4.78 is 8.14. The molecular weight excluding hydrogens is 404 g/mol. The molecule has 1 saturated heterocycles. The van der Waals surface area contributed by atoms with Gasteiger partial charge in [-0.1, -0.05) is 42.7 Å². The van der Waals surface area contributed by atoms with E-state index in [0.29, 0.717) is 50.8 Å². The van der Waals surface area contributed by atoms with Crippen molar-refractivity contribution in [3.8, 4) is 0 Å². The first-order valence-electron chi connectivity index (χ1n) is 11.9. The van der Waals surface area contributed by atoms with Crippen molar-refractivity contribution in [3.05, 3.63) is 53.1 Å². The normalized spacial score (nSPS) is 22.0. The van der Waals surface area contributed by atoms with Gasteiger partial charge >= 0.3 is 0 Å². The van der Waals surface area contributed by atoms with E-state index in [4.69, 9.17) is 4.74 Å². The van der Waals surface area contributed by atoms with Crippen molar-refractivity contribution in [2.75, 3.05) is 13.1 Å². The van der Waals surface area contributed by atoms with Gasteiger partial charge in [0, 0.05) is 25.0 Å². The van der Waals surface area contributed by atoms with Crippen LogP contribution in [0.2, 0.25) is 0 Å². The van der Waals surface area contributed by atoms with E-state index in [-0.39, 0.29) is 23.8 Å². The minimum atomic E-state index is -0.0502. The molecule has 2 fully saturated rings. The van der Waals surface area contributed by atoms with Crippen LogP contribution in [0.15, 0.2) is 30.6 Å². The van der Waals surface area contributed by atoms with Gasteiger partial charge in [0.2, 0.25) is 5.91 Å². The molecular formula is C25H32N4O3. The number of hydrogen-bond acceptors (Lipinski definition) is 4. The molecule has 0 spiro atoms. The number of carbonyl (C=O) groups excluding carboxylic acids is 2. The van der Waals surface area contributed by atoms with E-state index in [0.717, 1.165) is 24.1 Å². The number of benzene rings is 1. The zero-order chi connectivity index (χ0) is 22.1. The van der Waals surface area contributed by atoms with Gasteiger partial charge in [-0.3, -0.25) is 9.59 Å². The molecule has 5 rings (SSSR count). The summed E-state index contributed by atoms with van der Waals surface area (Å²) in [5, 5.41) is 3.21. The highest BCUT2D eigenvalue weighted by atomic mass is 16.5. The minimum Gasteiger partial charge on any atom is -0.365 e. The third-order valence-electron chi connectivity index (χ3n) is 7.24. The van der Waals surface area contributed by atoms with Gasteiger partial charge in [0.1, 0.15) is 6.10 Å². The second-order valence-electron chi connectivity index (χ2n) is 9.46. The molecule has 7 nitrogen and oxygen atoms in total. The Morgan fingerprint density at radius 1 is 1.06 bits per heavy atom. The number of piperidine rings is 1. The van der Waals surface area contributed by atoms with Gasteiger partial charge in [-0.2, -0.15) is 0 Å². The van der Waals surface area contributed by atoms with Crippen LogP contribution in [0, 0.1) is 12.8 Å². The number of aryl methyl sites for hydroxylation is 1. The lowest BCUT2D eigenvalue weighted by atomic mass is 9.95. The van der Waals surface area contributed by atoms with Crippen molar-refractivity contribution in [1.29, 1.82) is 0 Å². The van der Waals surface area contributed by atoms with Gasteiger partial charge in [-0.05, 0) is 38.2 Å². The molecule has 32 heavy (non-hydrogen) atoms. The predicted molar refractivity (Wildman–Crippen MR) is 120 cm³/mol. The average Bonchev–Trinajstić information content (AvgIpc) is 3.48.